The van der Waals surface area contributed by atoms with Crippen molar-refractivity contribution in [3.63, 3.8) is 0 Å². The standard InChI is InChI=1S/C11H13F2N5O/c1-7(14-2)10-15-16-17-18(10)8-5-3-4-6-9(8)19-11(12)13/h3-7,11,14H,1-2H3. The van der Waals surface area contributed by atoms with Crippen LogP contribution in [0.1, 0.15) is 18.8 Å². The van der Waals surface area contributed by atoms with E-state index in [1.165, 1.54) is 10.7 Å². The zero-order chi connectivity index (χ0) is 13.8. The lowest BCUT2D eigenvalue weighted by Gasteiger charge is -2.13. The molecule has 1 aromatic carbocycles. The maximum absolute atomic E-state index is 12.4. The van der Waals surface area contributed by atoms with Gasteiger partial charge in [-0.2, -0.15) is 13.5 Å². The molecule has 0 aliphatic carbocycles. The van der Waals surface area contributed by atoms with Crippen molar-refractivity contribution in [1.29, 1.82) is 0 Å². The monoisotopic (exact) mass is 269 g/mol. The van der Waals surface area contributed by atoms with E-state index < -0.39 is 6.61 Å². The summed E-state index contributed by atoms with van der Waals surface area (Å²) in [4.78, 5) is 0. The van der Waals surface area contributed by atoms with E-state index in [0.29, 0.717) is 11.5 Å². The molecular weight excluding hydrogens is 256 g/mol. The lowest BCUT2D eigenvalue weighted by Crippen LogP contribution is -2.18. The predicted molar refractivity (Wildman–Crippen MR) is 63.3 cm³/mol. The number of para-hydroxylation sites is 2. The molecule has 0 bridgehead atoms. The van der Waals surface area contributed by atoms with Gasteiger partial charge in [0.05, 0.1) is 6.04 Å². The lowest BCUT2D eigenvalue weighted by atomic mass is 10.2. The Kier molecular flexibility index (Phi) is 4.00. The van der Waals surface area contributed by atoms with E-state index >= 15 is 0 Å². The van der Waals surface area contributed by atoms with Gasteiger partial charge in [-0.1, -0.05) is 12.1 Å². The van der Waals surface area contributed by atoms with Crippen LogP contribution in [0, 0.1) is 0 Å². The third-order valence-electron chi connectivity index (χ3n) is 2.62. The fourth-order valence-corrected chi connectivity index (χ4v) is 1.59. The third kappa shape index (κ3) is 2.84. The molecule has 0 fully saturated rings. The number of nitrogens with zero attached hydrogens (tertiary/aromatic N) is 4. The number of benzene rings is 1. The minimum Gasteiger partial charge on any atom is -0.433 e. The Bertz CT molecular complexity index is 545. The second kappa shape index (κ2) is 5.70. The molecular formula is C11H13F2N5O. The van der Waals surface area contributed by atoms with Crippen LogP contribution in [0.25, 0.3) is 5.69 Å². The zero-order valence-corrected chi connectivity index (χ0v) is 10.4. The molecule has 1 atom stereocenters. The number of tetrazole rings is 1. The van der Waals surface area contributed by atoms with Gasteiger partial charge in [0.15, 0.2) is 11.6 Å². The molecule has 1 N–H and O–H groups in total. The first-order valence-electron chi connectivity index (χ1n) is 5.63. The van der Waals surface area contributed by atoms with Crippen LogP contribution >= 0.6 is 0 Å². The number of ether oxygens (including phenoxy) is 1. The summed E-state index contributed by atoms with van der Waals surface area (Å²) in [7, 11) is 1.76. The Morgan fingerprint density at radius 2 is 2.05 bits per heavy atom. The number of rotatable bonds is 5. The molecule has 0 aliphatic heterocycles. The number of alkyl halides is 2. The highest BCUT2D eigenvalue weighted by Crippen LogP contribution is 2.25. The Labute approximate surface area is 108 Å². The molecule has 0 saturated carbocycles. The van der Waals surface area contributed by atoms with Gasteiger partial charge in [0.25, 0.3) is 0 Å². The summed E-state index contributed by atoms with van der Waals surface area (Å²) in [6.07, 6.45) is 0. The van der Waals surface area contributed by atoms with Crippen LogP contribution in [-0.4, -0.2) is 33.9 Å². The van der Waals surface area contributed by atoms with E-state index in [0.717, 1.165) is 0 Å². The summed E-state index contributed by atoms with van der Waals surface area (Å²) in [5.41, 5.74) is 0.366. The van der Waals surface area contributed by atoms with Crippen molar-refractivity contribution in [2.75, 3.05) is 7.05 Å². The van der Waals surface area contributed by atoms with E-state index in [2.05, 4.69) is 25.6 Å². The molecule has 2 rings (SSSR count). The minimum atomic E-state index is -2.90. The molecule has 1 aromatic heterocycles. The quantitative estimate of drug-likeness (QED) is 0.892. The number of hydrogen-bond acceptors (Lipinski definition) is 5. The van der Waals surface area contributed by atoms with Crippen LogP contribution in [0.2, 0.25) is 0 Å². The topological polar surface area (TPSA) is 64.9 Å². The highest BCUT2D eigenvalue weighted by atomic mass is 19.3. The first-order chi connectivity index (χ1) is 9.13. The highest BCUT2D eigenvalue weighted by molar-refractivity contribution is 5.46. The molecule has 0 amide bonds. The lowest BCUT2D eigenvalue weighted by molar-refractivity contribution is -0.0499. The van der Waals surface area contributed by atoms with Crippen LogP contribution in [0.3, 0.4) is 0 Å². The first-order valence-corrected chi connectivity index (χ1v) is 5.63. The van der Waals surface area contributed by atoms with Gasteiger partial charge >= 0.3 is 6.61 Å². The first kappa shape index (κ1) is 13.3. The van der Waals surface area contributed by atoms with Crippen LogP contribution in [0.5, 0.6) is 5.75 Å². The fourth-order valence-electron chi connectivity index (χ4n) is 1.59. The second-order valence-corrected chi connectivity index (χ2v) is 3.81. The average molecular weight is 269 g/mol. The van der Waals surface area contributed by atoms with Crippen molar-refractivity contribution in [1.82, 2.24) is 25.5 Å². The van der Waals surface area contributed by atoms with E-state index in [9.17, 15) is 8.78 Å². The van der Waals surface area contributed by atoms with Gasteiger partial charge in [0.1, 0.15) is 5.69 Å². The molecule has 2 aromatic rings. The summed E-state index contributed by atoms with van der Waals surface area (Å²) >= 11 is 0. The number of nitrogens with one attached hydrogen (secondary N) is 1. The smallest absolute Gasteiger partial charge is 0.387 e. The Morgan fingerprint density at radius 3 is 2.74 bits per heavy atom. The van der Waals surface area contributed by atoms with Crippen molar-refractivity contribution in [3.05, 3.63) is 30.1 Å². The molecule has 102 valence electrons. The van der Waals surface area contributed by atoms with E-state index in [-0.39, 0.29) is 11.8 Å². The third-order valence-corrected chi connectivity index (χ3v) is 2.62. The maximum Gasteiger partial charge on any atom is 0.387 e. The van der Waals surface area contributed by atoms with Crippen molar-refractivity contribution in [2.24, 2.45) is 0 Å². The van der Waals surface area contributed by atoms with Crippen LogP contribution in [0.4, 0.5) is 8.78 Å². The van der Waals surface area contributed by atoms with E-state index in [4.69, 9.17) is 0 Å². The van der Waals surface area contributed by atoms with Gasteiger partial charge in [-0.3, -0.25) is 0 Å². The molecule has 8 heteroatoms. The van der Waals surface area contributed by atoms with Crippen LogP contribution < -0.4 is 10.1 Å². The van der Waals surface area contributed by atoms with Gasteiger partial charge in [0, 0.05) is 0 Å². The van der Waals surface area contributed by atoms with E-state index in [1.807, 2.05) is 6.92 Å². The number of halogens is 2. The van der Waals surface area contributed by atoms with Gasteiger partial charge in [0.2, 0.25) is 0 Å². The minimum absolute atomic E-state index is 0.0225. The van der Waals surface area contributed by atoms with Crippen molar-refractivity contribution in [2.45, 2.75) is 19.6 Å². The zero-order valence-electron chi connectivity index (χ0n) is 10.4. The molecule has 19 heavy (non-hydrogen) atoms. The Hall–Kier alpha value is -2.09. The van der Waals surface area contributed by atoms with Crippen molar-refractivity contribution < 1.29 is 13.5 Å². The molecule has 0 radical (unpaired) electrons. The largest absolute Gasteiger partial charge is 0.433 e. The molecule has 6 nitrogen and oxygen atoms in total. The maximum atomic E-state index is 12.4. The molecule has 0 saturated heterocycles. The predicted octanol–water partition coefficient (Wildman–Crippen LogP) is 1.54. The number of hydrogen-bond donors (Lipinski definition) is 1. The van der Waals surface area contributed by atoms with Gasteiger partial charge in [-0.15, -0.1) is 5.10 Å². The summed E-state index contributed by atoms with van der Waals surface area (Å²) < 4.78 is 30.6. The second-order valence-electron chi connectivity index (χ2n) is 3.81. The van der Waals surface area contributed by atoms with Crippen molar-refractivity contribution >= 4 is 0 Å². The van der Waals surface area contributed by atoms with Crippen molar-refractivity contribution in [3.8, 4) is 11.4 Å². The van der Waals surface area contributed by atoms with Crippen LogP contribution in [-0.2, 0) is 0 Å². The molecule has 0 aliphatic rings. The summed E-state index contributed by atoms with van der Waals surface area (Å²) in [6, 6.07) is 6.22. The average Bonchev–Trinajstić information content (AvgIpc) is 2.87. The molecule has 1 unspecified atom stereocenters. The van der Waals surface area contributed by atoms with Crippen LogP contribution in [0.15, 0.2) is 24.3 Å². The summed E-state index contributed by atoms with van der Waals surface area (Å²) in [5.74, 6) is 0.530. The fraction of sp³-hybridized carbons (Fsp3) is 0.364. The van der Waals surface area contributed by atoms with Gasteiger partial charge in [-0.25, -0.2) is 0 Å². The summed E-state index contributed by atoms with van der Waals surface area (Å²) in [5, 5.41) is 14.2. The SMILES string of the molecule is CNC(C)c1nnnn1-c1ccccc1OC(F)F. The normalized spacial score (nSPS) is 12.7. The Balaban J connectivity index is 2.44. The van der Waals surface area contributed by atoms with Gasteiger partial charge < -0.3 is 10.1 Å². The van der Waals surface area contributed by atoms with E-state index in [1.54, 1.807) is 25.2 Å². The summed E-state index contributed by atoms with van der Waals surface area (Å²) in [6.45, 7) is -1.04. The highest BCUT2D eigenvalue weighted by Gasteiger charge is 2.18. The Morgan fingerprint density at radius 1 is 1.32 bits per heavy atom. The number of aromatic nitrogens is 4. The molecule has 1 heterocycles. The molecule has 0 spiro atoms. The van der Waals surface area contributed by atoms with Gasteiger partial charge in [-0.05, 0) is 36.5 Å².